The normalized spacial score (nSPS) is 12.7. The van der Waals surface area contributed by atoms with E-state index in [1.54, 1.807) is 6.20 Å². The van der Waals surface area contributed by atoms with Gasteiger partial charge in [-0.3, -0.25) is 9.63 Å². The molecule has 0 saturated carbocycles. The van der Waals surface area contributed by atoms with Gasteiger partial charge in [-0.1, -0.05) is 72.8 Å². The molecule has 1 atom stereocenters. The van der Waals surface area contributed by atoms with Gasteiger partial charge in [0.25, 0.3) is 0 Å². The van der Waals surface area contributed by atoms with E-state index in [0.717, 1.165) is 38.4 Å². The van der Waals surface area contributed by atoms with Crippen LogP contribution in [0.3, 0.4) is 0 Å². The highest BCUT2D eigenvalue weighted by Crippen LogP contribution is 2.44. The predicted octanol–water partition coefficient (Wildman–Crippen LogP) is 5.07. The summed E-state index contributed by atoms with van der Waals surface area (Å²) in [7, 11) is 0. The van der Waals surface area contributed by atoms with Crippen molar-refractivity contribution in [2.24, 2.45) is 0 Å². The maximum absolute atomic E-state index is 12.3. The van der Waals surface area contributed by atoms with Gasteiger partial charge in [0.2, 0.25) is 6.41 Å². The van der Waals surface area contributed by atoms with E-state index >= 15 is 0 Å². The number of nitrogens with zero attached hydrogens (tertiary/aromatic N) is 3. The number of hydrogen-bond donors (Lipinski definition) is 1. The van der Waals surface area contributed by atoms with E-state index in [-0.39, 0.29) is 31.4 Å². The monoisotopic (exact) mass is 515 g/mol. The lowest BCUT2D eigenvalue weighted by atomic mass is 9.98. The Morgan fingerprint density at radius 2 is 1.59 bits per heavy atom. The van der Waals surface area contributed by atoms with Crippen molar-refractivity contribution in [1.82, 2.24) is 15.0 Å². The van der Waals surface area contributed by atoms with Crippen molar-refractivity contribution < 1.29 is 19.5 Å². The van der Waals surface area contributed by atoms with E-state index in [0.29, 0.717) is 17.7 Å². The smallest absolute Gasteiger partial charge is 0.329 e. The molecule has 1 N–H and O–H groups in total. The third kappa shape index (κ3) is 5.09. The number of carbonyl (C=O) groups excluding carboxylic acids is 1. The molecule has 0 radical (unpaired) electrons. The number of aryl methyl sites for hydroxylation is 1. The Hall–Kier alpha value is -4.07. The molecule has 1 aromatic heterocycles. The summed E-state index contributed by atoms with van der Waals surface area (Å²) >= 11 is 0. The quantitative estimate of drug-likeness (QED) is 0.247. The molecule has 8 heteroatoms. The number of hydroxylamine groups is 2. The molecule has 0 saturated heterocycles. The van der Waals surface area contributed by atoms with E-state index in [2.05, 4.69) is 22.1 Å². The number of carboxylic acid groups (broad SMARTS) is 1. The number of rotatable bonds is 9. The SMILES string of the molecule is Cc1ccccc1-c1ncncc1C[C@@H](C(=O)O)N(C=O)OCC1c2ccccc2-c2ccccc21.Cl. The molecule has 1 aliphatic carbocycles. The molecule has 4 aromatic rings. The van der Waals surface area contributed by atoms with Crippen molar-refractivity contribution >= 4 is 24.8 Å². The first-order valence-electron chi connectivity index (χ1n) is 11.7. The second-order valence-corrected chi connectivity index (χ2v) is 8.76. The molecule has 7 nitrogen and oxygen atoms in total. The van der Waals surface area contributed by atoms with Gasteiger partial charge in [0.15, 0.2) is 6.04 Å². The van der Waals surface area contributed by atoms with Crippen molar-refractivity contribution in [2.45, 2.75) is 25.3 Å². The molecule has 1 aliphatic rings. The van der Waals surface area contributed by atoms with E-state index in [4.69, 9.17) is 4.84 Å². The van der Waals surface area contributed by atoms with Crippen LogP contribution in [0.2, 0.25) is 0 Å². The van der Waals surface area contributed by atoms with Crippen LogP contribution in [0.4, 0.5) is 0 Å². The fourth-order valence-corrected chi connectivity index (χ4v) is 4.88. The van der Waals surface area contributed by atoms with Crippen molar-refractivity contribution in [3.8, 4) is 22.4 Å². The molecule has 5 rings (SSSR count). The predicted molar refractivity (Wildman–Crippen MR) is 142 cm³/mol. The highest BCUT2D eigenvalue weighted by Gasteiger charge is 2.32. The first kappa shape index (κ1) is 26.0. The molecule has 37 heavy (non-hydrogen) atoms. The molecule has 0 bridgehead atoms. The van der Waals surface area contributed by atoms with Crippen molar-refractivity contribution in [2.75, 3.05) is 6.61 Å². The summed E-state index contributed by atoms with van der Waals surface area (Å²) < 4.78 is 0. The third-order valence-corrected chi connectivity index (χ3v) is 6.65. The summed E-state index contributed by atoms with van der Waals surface area (Å²) in [6, 6.07) is 22.6. The van der Waals surface area contributed by atoms with Gasteiger partial charge in [0.1, 0.15) is 6.33 Å². The second kappa shape index (κ2) is 11.3. The molecule has 0 fully saturated rings. The minimum absolute atomic E-state index is 0. The van der Waals surface area contributed by atoms with Gasteiger partial charge in [-0.05, 0) is 40.3 Å². The van der Waals surface area contributed by atoms with Gasteiger partial charge < -0.3 is 5.11 Å². The minimum Gasteiger partial charge on any atom is -0.480 e. The minimum atomic E-state index is -1.25. The van der Waals surface area contributed by atoms with Crippen molar-refractivity contribution in [3.63, 3.8) is 0 Å². The van der Waals surface area contributed by atoms with Crippen LogP contribution in [0, 0.1) is 6.92 Å². The Balaban J connectivity index is 0.00000320. The van der Waals surface area contributed by atoms with Crippen molar-refractivity contribution in [3.05, 3.63) is 108 Å². The zero-order valence-corrected chi connectivity index (χ0v) is 21.0. The number of aliphatic carboxylic acids is 1. The number of hydrogen-bond acceptors (Lipinski definition) is 5. The summed E-state index contributed by atoms with van der Waals surface area (Å²) in [5.41, 5.74) is 7.58. The second-order valence-electron chi connectivity index (χ2n) is 8.76. The molecule has 1 heterocycles. The summed E-state index contributed by atoms with van der Waals surface area (Å²) in [6.07, 6.45) is 3.46. The number of halogens is 1. The Kier molecular flexibility index (Phi) is 7.96. The lowest BCUT2D eigenvalue weighted by Crippen LogP contribution is -2.42. The fraction of sp³-hybridized carbons (Fsp3) is 0.172. The summed E-state index contributed by atoms with van der Waals surface area (Å²) in [6.45, 7) is 2.10. The summed E-state index contributed by atoms with van der Waals surface area (Å²) in [5.74, 6) is -1.29. The zero-order valence-electron chi connectivity index (χ0n) is 20.2. The molecule has 1 amide bonds. The Bertz CT molecular complexity index is 1380. The van der Waals surface area contributed by atoms with Crippen LogP contribution in [0.5, 0.6) is 0 Å². The summed E-state index contributed by atoms with van der Waals surface area (Å²) in [5, 5.41) is 10.9. The van der Waals surface area contributed by atoms with E-state index in [1.807, 2.05) is 67.6 Å². The highest BCUT2D eigenvalue weighted by atomic mass is 35.5. The van der Waals surface area contributed by atoms with Crippen LogP contribution in [0.1, 0.15) is 28.2 Å². The van der Waals surface area contributed by atoms with Gasteiger partial charge in [0.05, 0.1) is 12.3 Å². The molecule has 0 spiro atoms. The molecular formula is C29H26ClN3O4. The topological polar surface area (TPSA) is 92.6 Å². The number of benzene rings is 3. The highest BCUT2D eigenvalue weighted by molar-refractivity contribution is 5.85. The van der Waals surface area contributed by atoms with Crippen molar-refractivity contribution in [1.29, 1.82) is 0 Å². The standard InChI is InChI=1S/C29H25N3O4.ClH/c1-19-8-2-3-9-21(19)28-20(15-30-17-31-28)14-27(29(34)35)32(18-33)36-16-26-24-12-6-4-10-22(24)23-11-5-7-13-25(23)26;/h2-13,15,17-18,26-27H,14,16H2,1H3,(H,34,35);1H/t27-;/m0./s1. The maximum Gasteiger partial charge on any atom is 0.329 e. The van der Waals surface area contributed by atoms with Gasteiger partial charge >= 0.3 is 5.97 Å². The Labute approximate surface area is 221 Å². The molecular weight excluding hydrogens is 490 g/mol. The third-order valence-electron chi connectivity index (χ3n) is 6.65. The zero-order chi connectivity index (χ0) is 25.1. The van der Waals surface area contributed by atoms with Crippen LogP contribution in [-0.4, -0.2) is 45.2 Å². The average molecular weight is 516 g/mol. The van der Waals surface area contributed by atoms with Gasteiger partial charge in [-0.15, -0.1) is 12.4 Å². The lowest BCUT2D eigenvalue weighted by Gasteiger charge is -2.26. The maximum atomic E-state index is 12.3. The fourth-order valence-electron chi connectivity index (χ4n) is 4.88. The first-order valence-corrected chi connectivity index (χ1v) is 11.7. The molecule has 0 unspecified atom stereocenters. The number of carboxylic acids is 1. The van der Waals surface area contributed by atoms with Gasteiger partial charge in [0, 0.05) is 24.1 Å². The van der Waals surface area contributed by atoms with E-state index in [9.17, 15) is 14.7 Å². The molecule has 3 aromatic carbocycles. The first-order chi connectivity index (χ1) is 17.6. The van der Waals surface area contributed by atoms with Crippen LogP contribution in [0.15, 0.2) is 85.3 Å². The van der Waals surface area contributed by atoms with Gasteiger partial charge in [-0.25, -0.2) is 19.8 Å². The summed E-state index contributed by atoms with van der Waals surface area (Å²) in [4.78, 5) is 38.8. The largest absolute Gasteiger partial charge is 0.480 e. The van der Waals surface area contributed by atoms with Crippen LogP contribution in [0.25, 0.3) is 22.4 Å². The van der Waals surface area contributed by atoms with Gasteiger partial charge in [-0.2, -0.15) is 0 Å². The van der Waals surface area contributed by atoms with E-state index in [1.165, 1.54) is 6.33 Å². The number of carbonyl (C=O) groups is 2. The van der Waals surface area contributed by atoms with Crippen LogP contribution >= 0.6 is 12.4 Å². The number of amides is 1. The molecule has 188 valence electrons. The Morgan fingerprint density at radius 3 is 2.19 bits per heavy atom. The molecule has 0 aliphatic heterocycles. The average Bonchev–Trinajstić information content (AvgIpc) is 3.22. The lowest BCUT2D eigenvalue weighted by molar-refractivity contribution is -0.196. The Morgan fingerprint density at radius 1 is 1.00 bits per heavy atom. The number of aromatic nitrogens is 2. The van der Waals surface area contributed by atoms with Crippen LogP contribution < -0.4 is 0 Å². The van der Waals surface area contributed by atoms with Crippen LogP contribution in [-0.2, 0) is 20.8 Å². The number of fused-ring (bicyclic) bond motifs is 3. The van der Waals surface area contributed by atoms with E-state index < -0.39 is 12.0 Å².